The SMILES string of the molecule is CCCCN1C(=O)c2cc(Br)ccc2N(C(=O)CN2CCN(C)CC2)c2ncccc21. The molecule has 2 aliphatic rings. The normalized spacial score (nSPS) is 17.3. The first-order valence-electron chi connectivity index (χ1n) is 10.8. The molecule has 0 N–H and O–H groups in total. The van der Waals surface area contributed by atoms with Crippen molar-refractivity contribution in [3.05, 3.63) is 46.6 Å². The number of benzene rings is 1. The molecule has 0 aliphatic carbocycles. The van der Waals surface area contributed by atoms with Gasteiger partial charge in [0, 0.05) is 43.4 Å². The maximum absolute atomic E-state index is 13.6. The molecule has 1 saturated heterocycles. The highest BCUT2D eigenvalue weighted by Gasteiger charge is 2.35. The molecule has 7 nitrogen and oxygen atoms in total. The van der Waals surface area contributed by atoms with Gasteiger partial charge in [-0.1, -0.05) is 29.3 Å². The summed E-state index contributed by atoms with van der Waals surface area (Å²) in [6, 6.07) is 9.21. The number of amides is 2. The first-order valence-corrected chi connectivity index (χ1v) is 11.6. The van der Waals surface area contributed by atoms with Gasteiger partial charge in [-0.25, -0.2) is 4.98 Å². The van der Waals surface area contributed by atoms with Gasteiger partial charge in [-0.2, -0.15) is 0 Å². The van der Waals surface area contributed by atoms with Crippen LogP contribution in [0.25, 0.3) is 0 Å². The van der Waals surface area contributed by atoms with E-state index in [-0.39, 0.29) is 11.8 Å². The Morgan fingerprint density at radius 1 is 1.13 bits per heavy atom. The Bertz CT molecular complexity index is 974. The van der Waals surface area contributed by atoms with Gasteiger partial charge in [0.15, 0.2) is 5.82 Å². The second-order valence-electron chi connectivity index (χ2n) is 8.13. The first kappa shape index (κ1) is 21.9. The summed E-state index contributed by atoms with van der Waals surface area (Å²) in [4.78, 5) is 39.6. The van der Waals surface area contributed by atoms with Crippen LogP contribution in [-0.2, 0) is 4.79 Å². The van der Waals surface area contributed by atoms with Crippen LogP contribution in [0.2, 0.25) is 0 Å². The van der Waals surface area contributed by atoms with Crippen LogP contribution in [0.3, 0.4) is 0 Å². The summed E-state index contributed by atoms with van der Waals surface area (Å²) in [5, 5.41) is 0. The van der Waals surface area contributed by atoms with Gasteiger partial charge in [-0.3, -0.25) is 19.4 Å². The number of nitrogens with zero attached hydrogens (tertiary/aromatic N) is 5. The smallest absolute Gasteiger partial charge is 0.260 e. The van der Waals surface area contributed by atoms with Crippen molar-refractivity contribution in [3.8, 4) is 0 Å². The topological polar surface area (TPSA) is 60.0 Å². The minimum absolute atomic E-state index is 0.0711. The minimum Gasteiger partial charge on any atom is -0.305 e. The van der Waals surface area contributed by atoms with E-state index in [1.54, 1.807) is 22.1 Å². The first-order chi connectivity index (χ1) is 15.0. The van der Waals surface area contributed by atoms with Gasteiger partial charge in [-0.05, 0) is 43.8 Å². The molecule has 2 aromatic rings. The van der Waals surface area contributed by atoms with E-state index in [0.717, 1.165) is 43.5 Å². The molecule has 4 rings (SSSR count). The van der Waals surface area contributed by atoms with E-state index in [1.807, 2.05) is 24.3 Å². The van der Waals surface area contributed by atoms with E-state index in [0.29, 0.717) is 35.8 Å². The number of piperazine rings is 1. The molecule has 8 heteroatoms. The maximum Gasteiger partial charge on any atom is 0.260 e. The number of fused-ring (bicyclic) bond motifs is 2. The van der Waals surface area contributed by atoms with Crippen molar-refractivity contribution in [1.29, 1.82) is 0 Å². The average molecular weight is 486 g/mol. The number of unbranched alkanes of at least 4 members (excludes halogenated alkanes) is 1. The number of carbonyl (C=O) groups excluding carboxylic acids is 2. The summed E-state index contributed by atoms with van der Waals surface area (Å²) in [7, 11) is 2.10. The van der Waals surface area contributed by atoms with Crippen LogP contribution in [0.4, 0.5) is 17.2 Å². The van der Waals surface area contributed by atoms with E-state index >= 15 is 0 Å². The number of hydrogen-bond acceptors (Lipinski definition) is 5. The molecule has 31 heavy (non-hydrogen) atoms. The van der Waals surface area contributed by atoms with E-state index in [4.69, 9.17) is 0 Å². The van der Waals surface area contributed by atoms with Gasteiger partial charge >= 0.3 is 0 Å². The Hall–Kier alpha value is -2.29. The fourth-order valence-electron chi connectivity index (χ4n) is 4.07. The Balaban J connectivity index is 1.77. The van der Waals surface area contributed by atoms with Gasteiger partial charge < -0.3 is 9.80 Å². The second-order valence-corrected chi connectivity index (χ2v) is 9.04. The molecule has 1 aromatic carbocycles. The molecular weight excluding hydrogens is 458 g/mol. The standard InChI is InChI=1S/C23H28BrN5O2/c1-3-4-10-28-20-6-5-9-25-22(20)29(19-8-7-17(24)15-18(19)23(28)31)21(30)16-27-13-11-26(2)12-14-27/h5-9,15H,3-4,10-14,16H2,1-2H3. The van der Waals surface area contributed by atoms with Crippen molar-refractivity contribution in [1.82, 2.24) is 14.8 Å². The maximum atomic E-state index is 13.6. The third kappa shape index (κ3) is 4.51. The Morgan fingerprint density at radius 2 is 1.90 bits per heavy atom. The minimum atomic E-state index is -0.103. The van der Waals surface area contributed by atoms with Gasteiger partial charge in [0.2, 0.25) is 5.91 Å². The Kier molecular flexibility index (Phi) is 6.69. The Morgan fingerprint density at radius 3 is 2.65 bits per heavy atom. The zero-order valence-electron chi connectivity index (χ0n) is 18.1. The number of hydrogen-bond donors (Lipinski definition) is 0. The van der Waals surface area contributed by atoms with E-state index in [9.17, 15) is 9.59 Å². The summed E-state index contributed by atoms with van der Waals surface area (Å²) in [5.74, 6) is 0.347. The lowest BCUT2D eigenvalue weighted by Crippen LogP contribution is -2.48. The lowest BCUT2D eigenvalue weighted by atomic mass is 10.1. The summed E-state index contributed by atoms with van der Waals surface area (Å²) in [5.41, 5.74) is 1.78. The quantitative estimate of drug-likeness (QED) is 0.648. The highest BCUT2D eigenvalue weighted by molar-refractivity contribution is 9.10. The number of likely N-dealkylation sites (N-methyl/N-ethyl adjacent to an activating group) is 1. The van der Waals surface area contributed by atoms with Gasteiger partial charge in [0.25, 0.3) is 5.91 Å². The van der Waals surface area contributed by atoms with Crippen molar-refractivity contribution in [2.45, 2.75) is 19.8 Å². The van der Waals surface area contributed by atoms with Crippen LogP contribution in [0.15, 0.2) is 41.0 Å². The number of halogens is 1. The molecule has 0 radical (unpaired) electrons. The van der Waals surface area contributed by atoms with Gasteiger partial charge in [-0.15, -0.1) is 0 Å². The molecule has 0 bridgehead atoms. The number of pyridine rings is 1. The molecule has 2 aliphatic heterocycles. The third-order valence-electron chi connectivity index (χ3n) is 5.88. The zero-order chi connectivity index (χ0) is 22.0. The fraction of sp³-hybridized carbons (Fsp3) is 0.435. The third-order valence-corrected chi connectivity index (χ3v) is 6.38. The van der Waals surface area contributed by atoms with Crippen molar-refractivity contribution in [3.63, 3.8) is 0 Å². The number of rotatable bonds is 5. The average Bonchev–Trinajstić information content (AvgIpc) is 2.86. The zero-order valence-corrected chi connectivity index (χ0v) is 19.6. The van der Waals surface area contributed by atoms with E-state index in [1.165, 1.54) is 0 Å². The molecule has 0 spiro atoms. The van der Waals surface area contributed by atoms with Gasteiger partial charge in [0.05, 0.1) is 23.5 Å². The summed E-state index contributed by atoms with van der Waals surface area (Å²) >= 11 is 3.49. The lowest BCUT2D eigenvalue weighted by Gasteiger charge is -2.33. The molecule has 0 unspecified atom stereocenters. The van der Waals surface area contributed by atoms with E-state index < -0.39 is 0 Å². The highest BCUT2D eigenvalue weighted by Crippen LogP contribution is 2.40. The van der Waals surface area contributed by atoms with Crippen LogP contribution in [0, 0.1) is 0 Å². The molecule has 0 saturated carbocycles. The number of carbonyl (C=O) groups is 2. The van der Waals surface area contributed by atoms with Crippen molar-refractivity contribution >= 4 is 44.9 Å². The predicted molar refractivity (Wildman–Crippen MR) is 126 cm³/mol. The van der Waals surface area contributed by atoms with Crippen LogP contribution in [0.1, 0.15) is 30.1 Å². The monoisotopic (exact) mass is 485 g/mol. The second kappa shape index (κ2) is 9.46. The van der Waals surface area contributed by atoms with Crippen molar-refractivity contribution in [2.75, 3.05) is 56.1 Å². The summed E-state index contributed by atoms with van der Waals surface area (Å²) < 4.78 is 0.806. The highest BCUT2D eigenvalue weighted by atomic mass is 79.9. The van der Waals surface area contributed by atoms with Crippen LogP contribution >= 0.6 is 15.9 Å². The van der Waals surface area contributed by atoms with Crippen LogP contribution in [0.5, 0.6) is 0 Å². The van der Waals surface area contributed by atoms with E-state index in [2.05, 4.69) is 44.7 Å². The molecule has 0 atom stereocenters. The molecule has 3 heterocycles. The summed E-state index contributed by atoms with van der Waals surface area (Å²) in [6.45, 7) is 6.55. The fourth-order valence-corrected chi connectivity index (χ4v) is 4.43. The summed E-state index contributed by atoms with van der Waals surface area (Å²) in [6.07, 6.45) is 3.52. The molecular formula is C23H28BrN5O2. The van der Waals surface area contributed by atoms with Crippen molar-refractivity contribution in [2.24, 2.45) is 0 Å². The van der Waals surface area contributed by atoms with Crippen LogP contribution in [-0.4, -0.2) is 72.9 Å². The molecule has 164 valence electrons. The lowest BCUT2D eigenvalue weighted by molar-refractivity contribution is -0.119. The van der Waals surface area contributed by atoms with Crippen molar-refractivity contribution < 1.29 is 9.59 Å². The Labute approximate surface area is 191 Å². The predicted octanol–water partition coefficient (Wildman–Crippen LogP) is 3.52. The molecule has 2 amide bonds. The molecule has 1 fully saturated rings. The largest absolute Gasteiger partial charge is 0.305 e. The number of aromatic nitrogens is 1. The van der Waals surface area contributed by atoms with Crippen LogP contribution < -0.4 is 9.80 Å². The van der Waals surface area contributed by atoms with Gasteiger partial charge in [0.1, 0.15) is 0 Å². The molecule has 1 aromatic heterocycles. The number of anilines is 3.